The minimum absolute atomic E-state index is 0.0977. The lowest BCUT2D eigenvalue weighted by atomic mass is 9.55. The van der Waals surface area contributed by atoms with Crippen LogP contribution in [0.1, 0.15) is 56.3 Å². The Morgan fingerprint density at radius 2 is 1.58 bits per heavy atom. The number of hydrogen-bond acceptors (Lipinski definition) is 6. The van der Waals surface area contributed by atoms with Gasteiger partial charge in [0.05, 0.1) is 12.6 Å². The molecule has 0 heterocycles. The molecule has 0 spiro atoms. The van der Waals surface area contributed by atoms with Crippen molar-refractivity contribution in [3.8, 4) is 5.75 Å². The Morgan fingerprint density at radius 3 is 2.16 bits per heavy atom. The standard InChI is InChI=1S/C30H38N2O6/c1-30(16-18-7-9-24(34)10-8-18,28(36)31-25(17-33)26(35)21-5-3-2-4-6-21)32-29(37)38-27-22-12-19-11-20(14-22)15-23(27)13-19/h2-10,19-20,22-23,25-27,33-35H,11-17H2,1H3,(H,31,36)(H,32,37)/t19?,20?,22?,23?,25-,26-,27?,30?/m1/s1. The van der Waals surface area contributed by atoms with Gasteiger partial charge in [0, 0.05) is 6.42 Å². The number of aliphatic hydroxyl groups excluding tert-OH is 2. The van der Waals surface area contributed by atoms with Gasteiger partial charge < -0.3 is 30.7 Å². The highest BCUT2D eigenvalue weighted by molar-refractivity contribution is 5.90. The highest BCUT2D eigenvalue weighted by Gasteiger charge is 2.50. The molecule has 2 aromatic rings. The third-order valence-corrected chi connectivity index (χ3v) is 8.79. The maximum atomic E-state index is 13.7. The summed E-state index contributed by atoms with van der Waals surface area (Å²) in [7, 11) is 0. The maximum absolute atomic E-state index is 13.7. The van der Waals surface area contributed by atoms with Gasteiger partial charge in [-0.15, -0.1) is 0 Å². The number of benzene rings is 2. The largest absolute Gasteiger partial charge is 0.508 e. The highest BCUT2D eigenvalue weighted by Crippen LogP contribution is 2.54. The number of alkyl carbamates (subject to hydrolysis) is 1. The number of carbonyl (C=O) groups is 2. The minimum atomic E-state index is -1.44. The van der Waals surface area contributed by atoms with Gasteiger partial charge in [-0.25, -0.2) is 4.79 Å². The Labute approximate surface area is 223 Å². The van der Waals surface area contributed by atoms with Crippen LogP contribution >= 0.6 is 0 Å². The Bertz CT molecular complexity index is 1100. The van der Waals surface area contributed by atoms with Crippen molar-refractivity contribution < 1.29 is 29.6 Å². The zero-order valence-electron chi connectivity index (χ0n) is 21.8. The number of aliphatic hydroxyl groups is 2. The van der Waals surface area contributed by atoms with E-state index in [4.69, 9.17) is 4.74 Å². The maximum Gasteiger partial charge on any atom is 0.408 e. The molecule has 0 saturated heterocycles. The third-order valence-electron chi connectivity index (χ3n) is 8.79. The Kier molecular flexibility index (Phi) is 7.63. The normalized spacial score (nSPS) is 28.7. The summed E-state index contributed by atoms with van der Waals surface area (Å²) in [5.74, 6) is 1.81. The SMILES string of the molecule is CC(Cc1ccc(O)cc1)(NC(=O)OC1C2CC3CC(C2)CC1C3)C(=O)N[C@H](CO)[C@H](O)c1ccccc1. The van der Waals surface area contributed by atoms with Crippen molar-refractivity contribution in [2.24, 2.45) is 23.7 Å². The molecule has 204 valence electrons. The van der Waals surface area contributed by atoms with Gasteiger partial charge in [-0.1, -0.05) is 42.5 Å². The number of carbonyl (C=O) groups excluding carboxylic acids is 2. The predicted molar refractivity (Wildman–Crippen MR) is 141 cm³/mol. The van der Waals surface area contributed by atoms with Gasteiger partial charge >= 0.3 is 6.09 Å². The van der Waals surface area contributed by atoms with Crippen molar-refractivity contribution in [2.75, 3.05) is 6.61 Å². The third kappa shape index (κ3) is 5.66. The van der Waals surface area contributed by atoms with E-state index in [9.17, 15) is 24.9 Å². The number of aromatic hydroxyl groups is 1. The van der Waals surface area contributed by atoms with Crippen molar-refractivity contribution in [1.29, 1.82) is 0 Å². The molecule has 2 amide bonds. The number of phenols is 1. The molecule has 6 rings (SSSR count). The molecule has 3 atom stereocenters. The summed E-state index contributed by atoms with van der Waals surface area (Å²) in [5.41, 5.74) is -0.162. The number of ether oxygens (including phenoxy) is 1. The van der Waals surface area contributed by atoms with E-state index in [0.29, 0.717) is 17.4 Å². The smallest absolute Gasteiger partial charge is 0.408 e. The van der Waals surface area contributed by atoms with Crippen molar-refractivity contribution in [3.05, 3.63) is 65.7 Å². The van der Waals surface area contributed by atoms with Crippen LogP contribution in [0.15, 0.2) is 54.6 Å². The summed E-state index contributed by atoms with van der Waals surface area (Å²) in [6.07, 6.45) is 3.93. The average Bonchev–Trinajstić information content (AvgIpc) is 2.90. The predicted octanol–water partition coefficient (Wildman–Crippen LogP) is 3.46. The van der Waals surface area contributed by atoms with Crippen molar-refractivity contribution in [2.45, 2.75) is 69.2 Å². The fourth-order valence-corrected chi connectivity index (χ4v) is 7.08. The second-order valence-electron chi connectivity index (χ2n) is 11.7. The number of phenolic OH excluding ortho intramolecular Hbond substituents is 1. The molecule has 4 fully saturated rings. The van der Waals surface area contributed by atoms with Gasteiger partial charge in [-0.3, -0.25) is 4.79 Å². The molecule has 0 radical (unpaired) electrons. The topological polar surface area (TPSA) is 128 Å². The van der Waals surface area contributed by atoms with Crippen LogP contribution in [0, 0.1) is 23.7 Å². The lowest BCUT2D eigenvalue weighted by molar-refractivity contribution is -0.130. The Hall–Kier alpha value is -3.10. The van der Waals surface area contributed by atoms with E-state index in [-0.39, 0.29) is 18.3 Å². The van der Waals surface area contributed by atoms with E-state index in [0.717, 1.165) is 43.1 Å². The number of rotatable bonds is 9. The van der Waals surface area contributed by atoms with E-state index >= 15 is 0 Å². The summed E-state index contributed by atoms with van der Waals surface area (Å²) >= 11 is 0. The van der Waals surface area contributed by atoms with Crippen LogP contribution in [0.3, 0.4) is 0 Å². The summed E-state index contributed by atoms with van der Waals surface area (Å²) < 4.78 is 6.01. The molecule has 1 unspecified atom stereocenters. The first-order valence-corrected chi connectivity index (χ1v) is 13.7. The monoisotopic (exact) mass is 522 g/mol. The molecule has 38 heavy (non-hydrogen) atoms. The Morgan fingerprint density at radius 1 is 0.974 bits per heavy atom. The lowest BCUT2D eigenvalue weighted by Crippen LogP contribution is -2.61. The molecule has 4 aliphatic carbocycles. The van der Waals surface area contributed by atoms with E-state index in [1.54, 1.807) is 43.3 Å². The second kappa shape index (κ2) is 10.9. The van der Waals surface area contributed by atoms with Crippen LogP contribution in [-0.4, -0.2) is 51.6 Å². The average molecular weight is 523 g/mol. The van der Waals surface area contributed by atoms with Crippen LogP contribution in [0.5, 0.6) is 5.75 Å². The van der Waals surface area contributed by atoms with Crippen LogP contribution in [0.25, 0.3) is 0 Å². The van der Waals surface area contributed by atoms with E-state index < -0.39 is 36.3 Å². The molecular formula is C30H38N2O6. The molecule has 4 saturated carbocycles. The van der Waals surface area contributed by atoms with Crippen LogP contribution in [0.2, 0.25) is 0 Å². The summed E-state index contributed by atoms with van der Waals surface area (Å²) in [6.45, 7) is 1.12. The molecule has 5 N–H and O–H groups in total. The first-order chi connectivity index (χ1) is 18.2. The van der Waals surface area contributed by atoms with E-state index in [2.05, 4.69) is 10.6 Å². The number of nitrogens with one attached hydrogen (secondary N) is 2. The fraction of sp³-hybridized carbons (Fsp3) is 0.533. The van der Waals surface area contributed by atoms with Crippen molar-refractivity contribution >= 4 is 12.0 Å². The first-order valence-electron chi connectivity index (χ1n) is 13.7. The molecule has 8 heteroatoms. The van der Waals surface area contributed by atoms with Gasteiger partial charge in [-0.2, -0.15) is 0 Å². The van der Waals surface area contributed by atoms with Gasteiger partial charge in [0.1, 0.15) is 23.5 Å². The van der Waals surface area contributed by atoms with Crippen LogP contribution < -0.4 is 10.6 Å². The van der Waals surface area contributed by atoms with Gasteiger partial charge in [0.15, 0.2) is 0 Å². The highest BCUT2D eigenvalue weighted by atomic mass is 16.6. The van der Waals surface area contributed by atoms with Gasteiger partial charge in [0.25, 0.3) is 0 Å². The van der Waals surface area contributed by atoms with Gasteiger partial charge in [0.2, 0.25) is 5.91 Å². The number of hydrogen-bond donors (Lipinski definition) is 5. The fourth-order valence-electron chi connectivity index (χ4n) is 7.08. The zero-order valence-corrected chi connectivity index (χ0v) is 21.8. The number of amides is 2. The molecule has 8 nitrogen and oxygen atoms in total. The summed E-state index contributed by atoms with van der Waals surface area (Å²) in [6, 6.07) is 14.2. The van der Waals surface area contributed by atoms with Gasteiger partial charge in [-0.05, 0) is 86.0 Å². The summed E-state index contributed by atoms with van der Waals surface area (Å²) in [4.78, 5) is 26.9. The van der Waals surface area contributed by atoms with E-state index in [1.165, 1.54) is 18.6 Å². The van der Waals surface area contributed by atoms with Crippen molar-refractivity contribution in [1.82, 2.24) is 10.6 Å². The van der Waals surface area contributed by atoms with Crippen molar-refractivity contribution in [3.63, 3.8) is 0 Å². The van der Waals surface area contributed by atoms with Crippen LogP contribution in [0.4, 0.5) is 4.79 Å². The summed E-state index contributed by atoms with van der Waals surface area (Å²) in [5, 5.41) is 36.1. The van der Waals surface area contributed by atoms with Crippen LogP contribution in [-0.2, 0) is 16.0 Å². The second-order valence-corrected chi connectivity index (χ2v) is 11.7. The minimum Gasteiger partial charge on any atom is -0.508 e. The quantitative estimate of drug-likeness (QED) is 0.343. The lowest BCUT2D eigenvalue weighted by Gasteiger charge is -2.53. The Balaban J connectivity index is 1.31. The van der Waals surface area contributed by atoms with E-state index in [1.807, 2.05) is 6.07 Å². The molecular weight excluding hydrogens is 484 g/mol. The molecule has 4 bridgehead atoms. The zero-order chi connectivity index (χ0) is 26.9. The molecule has 0 aromatic heterocycles. The first kappa shape index (κ1) is 26.5. The molecule has 4 aliphatic rings. The molecule has 2 aromatic carbocycles. The molecule has 0 aliphatic heterocycles.